The largest absolute Gasteiger partial charge is 0.507 e. The number of rotatable bonds is 5. The highest BCUT2D eigenvalue weighted by atomic mass is 35.5. The number of halogens is 1. The summed E-state index contributed by atoms with van der Waals surface area (Å²) in [7, 11) is 1.54. The van der Waals surface area contributed by atoms with Crippen LogP contribution in [0.3, 0.4) is 0 Å². The monoisotopic (exact) mass is 387 g/mol. The number of β-amino-alcohol motifs (C(OH)–C–C–N with tert-alkyl or cyclic N) is 1. The maximum Gasteiger partial charge on any atom is 0.295 e. The summed E-state index contributed by atoms with van der Waals surface area (Å²) in [4.78, 5) is 26.4. The molecule has 0 spiro atoms. The zero-order valence-corrected chi connectivity index (χ0v) is 15.3. The first-order valence-corrected chi connectivity index (χ1v) is 8.65. The minimum atomic E-state index is -0.807. The van der Waals surface area contributed by atoms with Gasteiger partial charge in [0.2, 0.25) is 0 Å². The van der Waals surface area contributed by atoms with Crippen LogP contribution in [0, 0.1) is 0 Å². The maximum atomic E-state index is 12.6. The summed E-state index contributed by atoms with van der Waals surface area (Å²) >= 11 is 5.88. The quantitative estimate of drug-likeness (QED) is 0.468. The molecule has 1 heterocycles. The lowest BCUT2D eigenvalue weighted by Crippen LogP contribution is -2.32. The van der Waals surface area contributed by atoms with Gasteiger partial charge in [0, 0.05) is 17.1 Å². The predicted molar refractivity (Wildman–Crippen MR) is 101 cm³/mol. The first kappa shape index (κ1) is 18.9. The number of carbonyl (C=O) groups is 2. The van der Waals surface area contributed by atoms with E-state index in [-0.39, 0.29) is 24.5 Å². The van der Waals surface area contributed by atoms with Crippen molar-refractivity contribution in [3.63, 3.8) is 0 Å². The lowest BCUT2D eigenvalue weighted by atomic mass is 9.95. The molecule has 0 saturated carbocycles. The van der Waals surface area contributed by atoms with E-state index in [4.69, 9.17) is 16.3 Å². The number of hydrogen-bond acceptors (Lipinski definition) is 5. The number of ether oxygens (including phenoxy) is 1. The number of benzene rings is 2. The van der Waals surface area contributed by atoms with Crippen molar-refractivity contribution in [2.45, 2.75) is 6.04 Å². The van der Waals surface area contributed by atoms with Crippen LogP contribution < -0.4 is 4.74 Å². The molecule has 6 nitrogen and oxygen atoms in total. The van der Waals surface area contributed by atoms with Crippen LogP contribution in [0.2, 0.25) is 5.02 Å². The van der Waals surface area contributed by atoms with Gasteiger partial charge in [0.05, 0.1) is 25.3 Å². The van der Waals surface area contributed by atoms with Crippen LogP contribution in [0.4, 0.5) is 0 Å². The van der Waals surface area contributed by atoms with E-state index in [9.17, 15) is 19.8 Å². The average Bonchev–Trinajstić information content (AvgIpc) is 2.93. The van der Waals surface area contributed by atoms with Crippen LogP contribution >= 0.6 is 11.6 Å². The minimum Gasteiger partial charge on any atom is -0.507 e. The summed E-state index contributed by atoms with van der Waals surface area (Å²) < 4.78 is 5.14. The Kier molecular flexibility index (Phi) is 5.48. The minimum absolute atomic E-state index is 0.0269. The zero-order chi connectivity index (χ0) is 19.6. The number of amides is 1. The maximum absolute atomic E-state index is 12.6. The molecule has 2 aromatic carbocycles. The van der Waals surface area contributed by atoms with Crippen LogP contribution in [0.5, 0.6) is 5.75 Å². The summed E-state index contributed by atoms with van der Waals surface area (Å²) in [6.45, 7) is -0.334. The van der Waals surface area contributed by atoms with Gasteiger partial charge in [0.15, 0.2) is 0 Å². The van der Waals surface area contributed by atoms with Crippen molar-refractivity contribution in [1.29, 1.82) is 0 Å². The molecule has 1 aliphatic heterocycles. The van der Waals surface area contributed by atoms with E-state index in [0.29, 0.717) is 21.9 Å². The Morgan fingerprint density at radius 2 is 1.74 bits per heavy atom. The van der Waals surface area contributed by atoms with Crippen molar-refractivity contribution in [3.8, 4) is 5.75 Å². The first-order chi connectivity index (χ1) is 13.0. The second kappa shape index (κ2) is 7.82. The summed E-state index contributed by atoms with van der Waals surface area (Å²) in [5.41, 5.74) is 0.972. The molecule has 0 bridgehead atoms. The molecule has 2 N–H and O–H groups in total. The smallest absolute Gasteiger partial charge is 0.295 e. The second-order valence-electron chi connectivity index (χ2n) is 6.00. The van der Waals surface area contributed by atoms with Gasteiger partial charge in [-0.25, -0.2) is 0 Å². The number of hydrogen-bond donors (Lipinski definition) is 2. The third-order valence-corrected chi connectivity index (χ3v) is 4.68. The Morgan fingerprint density at radius 1 is 1.11 bits per heavy atom. The Bertz CT molecular complexity index is 890. The molecular weight excluding hydrogens is 370 g/mol. The molecule has 1 atom stereocenters. The molecule has 0 aromatic heterocycles. The molecule has 2 aromatic rings. The van der Waals surface area contributed by atoms with Crippen molar-refractivity contribution in [2.24, 2.45) is 0 Å². The van der Waals surface area contributed by atoms with Gasteiger partial charge >= 0.3 is 0 Å². The van der Waals surface area contributed by atoms with Gasteiger partial charge in [-0.15, -0.1) is 0 Å². The molecule has 1 saturated heterocycles. The molecule has 1 aliphatic rings. The number of Topliss-reactive ketones (excluding diaryl/α,β-unsaturated/α-hetero) is 1. The summed E-state index contributed by atoms with van der Waals surface area (Å²) in [6, 6.07) is 12.4. The van der Waals surface area contributed by atoms with E-state index in [0.717, 1.165) is 0 Å². The molecule has 0 aliphatic carbocycles. The van der Waals surface area contributed by atoms with Crippen molar-refractivity contribution in [3.05, 3.63) is 70.3 Å². The van der Waals surface area contributed by atoms with Gasteiger partial charge in [-0.05, 0) is 42.0 Å². The topological polar surface area (TPSA) is 87.1 Å². The first-order valence-electron chi connectivity index (χ1n) is 8.27. The molecule has 1 amide bonds. The fourth-order valence-corrected chi connectivity index (χ4v) is 3.24. The van der Waals surface area contributed by atoms with Gasteiger partial charge in [0.25, 0.3) is 11.7 Å². The second-order valence-corrected chi connectivity index (χ2v) is 6.43. The Hall–Kier alpha value is -2.83. The lowest BCUT2D eigenvalue weighted by molar-refractivity contribution is -0.140. The molecule has 0 unspecified atom stereocenters. The summed E-state index contributed by atoms with van der Waals surface area (Å²) in [5.74, 6) is -1.22. The van der Waals surface area contributed by atoms with E-state index < -0.39 is 17.7 Å². The number of carbonyl (C=O) groups excluding carboxylic acids is 2. The third kappa shape index (κ3) is 3.54. The standard InChI is InChI=1S/C20H18ClNO5/c1-27-15-8-4-12(5-9-15)17-16(19(25)20(26)22(17)10-11-23)18(24)13-2-6-14(21)7-3-13/h2-9,17,23-24H,10-11H2,1H3/t17-/m1/s1. The Labute approximate surface area is 161 Å². The van der Waals surface area contributed by atoms with Crippen molar-refractivity contribution < 1.29 is 24.5 Å². The highest BCUT2D eigenvalue weighted by Gasteiger charge is 2.45. The summed E-state index contributed by atoms with van der Waals surface area (Å²) in [6.07, 6.45) is 0. The number of ketones is 1. The van der Waals surface area contributed by atoms with E-state index in [2.05, 4.69) is 0 Å². The van der Waals surface area contributed by atoms with E-state index in [1.807, 2.05) is 0 Å². The molecular formula is C20H18ClNO5. The van der Waals surface area contributed by atoms with E-state index in [1.165, 1.54) is 12.0 Å². The Balaban J connectivity index is 2.15. The van der Waals surface area contributed by atoms with Crippen LogP contribution in [0.1, 0.15) is 17.2 Å². The molecule has 1 fully saturated rings. The van der Waals surface area contributed by atoms with Gasteiger partial charge < -0.3 is 19.8 Å². The zero-order valence-electron chi connectivity index (χ0n) is 14.6. The lowest BCUT2D eigenvalue weighted by Gasteiger charge is -2.24. The average molecular weight is 388 g/mol. The fourth-order valence-electron chi connectivity index (χ4n) is 3.11. The normalized spacial score (nSPS) is 18.8. The molecule has 27 heavy (non-hydrogen) atoms. The van der Waals surface area contributed by atoms with Gasteiger partial charge in [0.1, 0.15) is 11.5 Å². The van der Waals surface area contributed by atoms with Crippen LogP contribution in [0.15, 0.2) is 54.1 Å². The number of aliphatic hydroxyl groups is 2. The molecule has 140 valence electrons. The predicted octanol–water partition coefficient (Wildman–Crippen LogP) is 2.76. The molecule has 3 rings (SSSR count). The third-order valence-electron chi connectivity index (χ3n) is 4.43. The number of nitrogens with zero attached hydrogens (tertiary/aromatic N) is 1. The van der Waals surface area contributed by atoms with Crippen molar-refractivity contribution in [2.75, 3.05) is 20.3 Å². The number of methoxy groups -OCH3 is 1. The molecule has 0 radical (unpaired) electrons. The highest BCUT2D eigenvalue weighted by Crippen LogP contribution is 2.39. The van der Waals surface area contributed by atoms with Crippen molar-refractivity contribution >= 4 is 29.1 Å². The molecule has 7 heteroatoms. The Morgan fingerprint density at radius 3 is 2.30 bits per heavy atom. The SMILES string of the molecule is COc1ccc([C@@H]2C(=C(O)c3ccc(Cl)cc3)C(=O)C(=O)N2CCO)cc1. The summed E-state index contributed by atoms with van der Waals surface area (Å²) in [5, 5.41) is 20.6. The van der Waals surface area contributed by atoms with Gasteiger partial charge in [-0.3, -0.25) is 9.59 Å². The van der Waals surface area contributed by atoms with Crippen LogP contribution in [0.25, 0.3) is 5.76 Å². The van der Waals surface area contributed by atoms with Crippen LogP contribution in [-0.2, 0) is 9.59 Å². The van der Waals surface area contributed by atoms with Crippen molar-refractivity contribution in [1.82, 2.24) is 4.90 Å². The van der Waals surface area contributed by atoms with Crippen LogP contribution in [-0.4, -0.2) is 47.1 Å². The van der Waals surface area contributed by atoms with Gasteiger partial charge in [-0.1, -0.05) is 23.7 Å². The highest BCUT2D eigenvalue weighted by molar-refractivity contribution is 6.46. The van der Waals surface area contributed by atoms with E-state index in [1.54, 1.807) is 48.5 Å². The van der Waals surface area contributed by atoms with E-state index >= 15 is 0 Å². The number of likely N-dealkylation sites (tertiary alicyclic amines) is 1. The number of aliphatic hydroxyl groups excluding tert-OH is 2. The fraction of sp³-hybridized carbons (Fsp3) is 0.200. The van der Waals surface area contributed by atoms with Gasteiger partial charge in [-0.2, -0.15) is 0 Å².